The number of halogens is 6. The average Bonchev–Trinajstić information content (AvgIpc) is 2.65. The lowest BCUT2D eigenvalue weighted by Gasteiger charge is -2.17. The van der Waals surface area contributed by atoms with Crippen molar-refractivity contribution < 1.29 is 40.6 Å². The second-order valence-electron chi connectivity index (χ2n) is 7.52. The van der Waals surface area contributed by atoms with Gasteiger partial charge in [-0.15, -0.1) is 26.3 Å². The number of alkyl halides is 6. The molecule has 0 heterocycles. The molecule has 3 N–H and O–H groups in total. The fourth-order valence-electron chi connectivity index (χ4n) is 2.08. The molecule has 2 aromatic carbocycles. The van der Waals surface area contributed by atoms with Crippen molar-refractivity contribution in [2.24, 2.45) is 11.1 Å². The molecule has 0 aliphatic heterocycles. The van der Waals surface area contributed by atoms with Crippen LogP contribution in [-0.4, -0.2) is 18.6 Å². The molecule has 0 unspecified atom stereocenters. The van der Waals surface area contributed by atoms with Gasteiger partial charge in [0.1, 0.15) is 11.5 Å². The van der Waals surface area contributed by atoms with Crippen molar-refractivity contribution in [2.45, 2.75) is 46.6 Å². The van der Waals surface area contributed by atoms with Crippen molar-refractivity contribution in [3.63, 3.8) is 0 Å². The predicted octanol–water partition coefficient (Wildman–Crippen LogP) is 5.29. The minimum Gasteiger partial charge on any atom is -0.406 e. The first-order valence-electron chi connectivity index (χ1n) is 9.27. The third-order valence-electron chi connectivity index (χ3n) is 3.68. The quantitative estimate of drug-likeness (QED) is 0.588. The summed E-state index contributed by atoms with van der Waals surface area (Å²) in [6, 6.07) is 10.8. The molecule has 2 rings (SSSR count). The van der Waals surface area contributed by atoms with Crippen LogP contribution in [0, 0.1) is 5.41 Å². The van der Waals surface area contributed by atoms with Gasteiger partial charge in [0, 0.05) is 18.5 Å². The Morgan fingerprint density at radius 1 is 0.781 bits per heavy atom. The van der Waals surface area contributed by atoms with E-state index < -0.39 is 18.1 Å². The van der Waals surface area contributed by atoms with Crippen LogP contribution in [0.25, 0.3) is 0 Å². The number of carbonyl (C=O) groups excluding carboxylic acids is 1. The van der Waals surface area contributed by atoms with Crippen molar-refractivity contribution in [1.29, 1.82) is 0 Å². The number of carbonyl (C=O) groups is 1. The molecule has 0 fully saturated rings. The number of nitrogens with one attached hydrogen (secondary N) is 1. The zero-order valence-corrected chi connectivity index (χ0v) is 17.6. The number of nitrogens with two attached hydrogens (primary N) is 1. The lowest BCUT2D eigenvalue weighted by molar-refractivity contribution is -0.275. The maximum absolute atomic E-state index is 11.9. The number of rotatable bonds is 5. The van der Waals surface area contributed by atoms with Gasteiger partial charge in [-0.1, -0.05) is 45.0 Å². The lowest BCUT2D eigenvalue weighted by Crippen LogP contribution is -2.34. The van der Waals surface area contributed by atoms with Crippen LogP contribution >= 0.6 is 0 Å². The molecule has 0 atom stereocenters. The molecule has 0 saturated carbocycles. The first-order chi connectivity index (χ1) is 14.6. The Morgan fingerprint density at radius 2 is 1.16 bits per heavy atom. The fraction of sp³-hybridized carbons (Fsp3) is 0.381. The van der Waals surface area contributed by atoms with Gasteiger partial charge in [0.2, 0.25) is 5.91 Å². The van der Waals surface area contributed by atoms with Gasteiger partial charge in [0.15, 0.2) is 0 Å². The van der Waals surface area contributed by atoms with Gasteiger partial charge in [-0.2, -0.15) is 0 Å². The van der Waals surface area contributed by atoms with E-state index in [4.69, 9.17) is 5.73 Å². The predicted molar refractivity (Wildman–Crippen MR) is 105 cm³/mol. The minimum absolute atomic E-state index is 0.122. The van der Waals surface area contributed by atoms with Crippen LogP contribution in [0.4, 0.5) is 26.3 Å². The highest BCUT2D eigenvalue weighted by Gasteiger charge is 2.31. The van der Waals surface area contributed by atoms with E-state index in [0.717, 1.165) is 5.56 Å². The summed E-state index contributed by atoms with van der Waals surface area (Å²) >= 11 is 0. The number of amides is 1. The second-order valence-corrected chi connectivity index (χ2v) is 7.52. The largest absolute Gasteiger partial charge is 0.573 e. The number of ether oxygens (including phenoxy) is 2. The summed E-state index contributed by atoms with van der Waals surface area (Å²) in [5, 5.41) is 2.70. The summed E-state index contributed by atoms with van der Waals surface area (Å²) in [7, 11) is 0. The maximum atomic E-state index is 11.9. The van der Waals surface area contributed by atoms with E-state index in [1.807, 2.05) is 0 Å². The summed E-state index contributed by atoms with van der Waals surface area (Å²) in [5.74, 6) is -0.633. The molecule has 0 bridgehead atoms. The molecule has 0 aliphatic rings. The number of hydrogen-bond acceptors (Lipinski definition) is 4. The Hall–Kier alpha value is -2.95. The Kier molecular flexibility index (Phi) is 9.37. The summed E-state index contributed by atoms with van der Waals surface area (Å²) in [6.45, 7) is 5.91. The van der Waals surface area contributed by atoms with E-state index in [-0.39, 0.29) is 24.0 Å². The molecule has 0 radical (unpaired) electrons. The van der Waals surface area contributed by atoms with Crippen LogP contribution in [0.5, 0.6) is 11.5 Å². The van der Waals surface area contributed by atoms with Crippen LogP contribution < -0.4 is 20.5 Å². The van der Waals surface area contributed by atoms with E-state index in [1.165, 1.54) is 48.5 Å². The van der Waals surface area contributed by atoms with Gasteiger partial charge in [-0.25, -0.2) is 0 Å². The second kappa shape index (κ2) is 11.1. The lowest BCUT2D eigenvalue weighted by atomic mass is 9.95. The third kappa shape index (κ3) is 11.4. The topological polar surface area (TPSA) is 73.6 Å². The van der Waals surface area contributed by atoms with E-state index in [2.05, 4.69) is 14.8 Å². The highest BCUT2D eigenvalue weighted by atomic mass is 19.4. The molecule has 5 nitrogen and oxygen atoms in total. The molecule has 11 heteroatoms. The summed E-state index contributed by atoms with van der Waals surface area (Å²) in [6.07, 6.45) is -9.33. The SMILES string of the molecule is CC(C)(C)C(=O)NCc1ccc(OC(F)(F)F)cc1.NCc1ccc(OC(F)(F)F)cc1. The van der Waals surface area contributed by atoms with Crippen LogP contribution in [-0.2, 0) is 17.9 Å². The normalized spacial score (nSPS) is 11.8. The van der Waals surface area contributed by atoms with Crippen LogP contribution in [0.3, 0.4) is 0 Å². The van der Waals surface area contributed by atoms with E-state index >= 15 is 0 Å². The maximum Gasteiger partial charge on any atom is 0.573 e. The summed E-state index contributed by atoms with van der Waals surface area (Å²) in [5.41, 5.74) is 6.22. The highest BCUT2D eigenvalue weighted by Crippen LogP contribution is 2.23. The van der Waals surface area contributed by atoms with Gasteiger partial charge in [0.25, 0.3) is 0 Å². The van der Waals surface area contributed by atoms with Gasteiger partial charge < -0.3 is 20.5 Å². The third-order valence-corrected chi connectivity index (χ3v) is 3.68. The van der Waals surface area contributed by atoms with Crippen molar-refractivity contribution in [2.75, 3.05) is 0 Å². The summed E-state index contributed by atoms with van der Waals surface area (Å²) < 4.78 is 78.3. The molecule has 0 saturated heterocycles. The van der Waals surface area contributed by atoms with Gasteiger partial charge in [0.05, 0.1) is 0 Å². The Morgan fingerprint density at radius 3 is 1.47 bits per heavy atom. The van der Waals surface area contributed by atoms with Crippen molar-refractivity contribution >= 4 is 5.91 Å². The zero-order chi connectivity index (χ0) is 24.6. The molecule has 0 aromatic heterocycles. The van der Waals surface area contributed by atoms with E-state index in [9.17, 15) is 31.1 Å². The number of benzene rings is 2. The monoisotopic (exact) mass is 466 g/mol. The van der Waals surface area contributed by atoms with Crippen LogP contribution in [0.15, 0.2) is 48.5 Å². The number of hydrogen-bond donors (Lipinski definition) is 2. The molecule has 1 amide bonds. The van der Waals surface area contributed by atoms with E-state index in [0.29, 0.717) is 12.1 Å². The smallest absolute Gasteiger partial charge is 0.406 e. The van der Waals surface area contributed by atoms with Gasteiger partial charge in [-0.3, -0.25) is 4.79 Å². The van der Waals surface area contributed by atoms with E-state index in [1.54, 1.807) is 20.8 Å². The molecule has 0 aliphatic carbocycles. The Bertz CT molecular complexity index is 842. The minimum atomic E-state index is -4.69. The summed E-state index contributed by atoms with van der Waals surface area (Å²) in [4.78, 5) is 11.6. The molecular formula is C21H24F6N2O3. The highest BCUT2D eigenvalue weighted by molar-refractivity contribution is 5.81. The van der Waals surface area contributed by atoms with Gasteiger partial charge in [-0.05, 0) is 35.4 Å². The first-order valence-corrected chi connectivity index (χ1v) is 9.27. The molecule has 2 aromatic rings. The first kappa shape index (κ1) is 27.1. The fourth-order valence-corrected chi connectivity index (χ4v) is 2.08. The molecule has 32 heavy (non-hydrogen) atoms. The van der Waals surface area contributed by atoms with Crippen LogP contribution in [0.1, 0.15) is 31.9 Å². The average molecular weight is 466 g/mol. The van der Waals surface area contributed by atoms with Crippen LogP contribution in [0.2, 0.25) is 0 Å². The molecule has 0 spiro atoms. The van der Waals surface area contributed by atoms with Crippen molar-refractivity contribution in [3.8, 4) is 11.5 Å². The van der Waals surface area contributed by atoms with Crippen molar-refractivity contribution in [3.05, 3.63) is 59.7 Å². The molecule has 178 valence electrons. The van der Waals surface area contributed by atoms with Gasteiger partial charge >= 0.3 is 12.7 Å². The Labute approximate surface area is 181 Å². The Balaban J connectivity index is 0.000000343. The zero-order valence-electron chi connectivity index (χ0n) is 17.6. The standard InChI is InChI=1S/C13H16F3NO2.C8H8F3NO/c1-12(2,3)11(18)17-8-9-4-6-10(7-5-9)19-13(14,15)16;9-8(10,11)13-7-3-1-6(5-12)2-4-7/h4-7H,8H2,1-3H3,(H,17,18);1-4H,5,12H2. The molecular weight excluding hydrogens is 442 g/mol. The van der Waals surface area contributed by atoms with Crippen molar-refractivity contribution in [1.82, 2.24) is 5.32 Å².